The topological polar surface area (TPSA) is 60.4 Å². The molecular weight excluding hydrogens is 204 g/mol. The van der Waals surface area contributed by atoms with Gasteiger partial charge in [-0.1, -0.05) is 6.08 Å². The molecule has 0 radical (unpaired) electrons. The van der Waals surface area contributed by atoms with E-state index in [0.29, 0.717) is 0 Å². The first kappa shape index (κ1) is 13.2. The summed E-state index contributed by atoms with van der Waals surface area (Å²) in [5.41, 5.74) is 0. The molecule has 0 saturated carbocycles. The third kappa shape index (κ3) is 2.57. The van der Waals surface area contributed by atoms with Gasteiger partial charge in [0, 0.05) is 6.26 Å². The Balaban J connectivity index is 5.10. The Morgan fingerprint density at radius 1 is 1.57 bits per heavy atom. The van der Waals surface area contributed by atoms with Crippen LogP contribution in [0, 0.1) is 0 Å². The van der Waals surface area contributed by atoms with Crippen LogP contribution in [0.4, 0.5) is 0 Å². The molecule has 0 spiro atoms. The van der Waals surface area contributed by atoms with Crippen LogP contribution in [0.25, 0.3) is 0 Å². The van der Waals surface area contributed by atoms with E-state index in [4.69, 9.17) is 4.74 Å². The maximum atomic E-state index is 11.5. The normalized spacial score (nSPS) is 15.6. The Bertz CT molecular complexity index is 318. The first-order valence-corrected chi connectivity index (χ1v) is 6.16. The number of carbonyl (C=O) groups is 1. The van der Waals surface area contributed by atoms with Crippen LogP contribution in [0.2, 0.25) is 0 Å². The molecule has 0 N–H and O–H groups in total. The van der Waals surface area contributed by atoms with Crippen LogP contribution in [-0.2, 0) is 19.4 Å². The third-order valence-corrected chi connectivity index (χ3v) is 4.03. The van der Waals surface area contributed by atoms with E-state index in [1.807, 2.05) is 0 Å². The summed E-state index contributed by atoms with van der Waals surface area (Å²) in [5.74, 6) is -0.720. The van der Waals surface area contributed by atoms with Gasteiger partial charge in [0.2, 0.25) is 0 Å². The first-order valence-electron chi connectivity index (χ1n) is 4.27. The number of hydrogen-bond acceptors (Lipinski definition) is 4. The SMILES string of the molecule is C=CC[C@](C)(C(=O)OCC)S(C)(=O)=O. The fourth-order valence-electron chi connectivity index (χ4n) is 0.945. The molecule has 0 aliphatic rings. The molecule has 0 saturated heterocycles. The summed E-state index contributed by atoms with van der Waals surface area (Å²) in [6, 6.07) is 0. The average Bonchev–Trinajstić information content (AvgIpc) is 2.03. The monoisotopic (exact) mass is 220 g/mol. The summed E-state index contributed by atoms with van der Waals surface area (Å²) in [7, 11) is -3.49. The minimum Gasteiger partial charge on any atom is -0.465 e. The summed E-state index contributed by atoms with van der Waals surface area (Å²) < 4.78 is 26.0. The van der Waals surface area contributed by atoms with E-state index >= 15 is 0 Å². The minimum atomic E-state index is -3.49. The van der Waals surface area contributed by atoms with Gasteiger partial charge in [-0.25, -0.2) is 8.42 Å². The summed E-state index contributed by atoms with van der Waals surface area (Å²) >= 11 is 0. The van der Waals surface area contributed by atoms with Crippen LogP contribution in [0.3, 0.4) is 0 Å². The van der Waals surface area contributed by atoms with E-state index in [0.717, 1.165) is 6.26 Å². The lowest BCUT2D eigenvalue weighted by molar-refractivity contribution is -0.145. The summed E-state index contributed by atoms with van der Waals surface area (Å²) in [6.45, 7) is 6.58. The Labute approximate surface area is 84.9 Å². The number of hydrogen-bond donors (Lipinski definition) is 0. The van der Waals surface area contributed by atoms with Gasteiger partial charge in [0.15, 0.2) is 14.6 Å². The second-order valence-electron chi connectivity index (χ2n) is 3.22. The van der Waals surface area contributed by atoms with Crippen LogP contribution in [0.1, 0.15) is 20.3 Å². The van der Waals surface area contributed by atoms with Crippen LogP contribution < -0.4 is 0 Å². The molecule has 0 amide bonds. The van der Waals surface area contributed by atoms with Gasteiger partial charge < -0.3 is 4.74 Å². The summed E-state index contributed by atoms with van der Waals surface area (Å²) in [4.78, 5) is 11.5. The van der Waals surface area contributed by atoms with Crippen molar-refractivity contribution in [1.29, 1.82) is 0 Å². The smallest absolute Gasteiger partial charge is 0.327 e. The fraction of sp³-hybridized carbons (Fsp3) is 0.667. The standard InChI is InChI=1S/C9H16O4S/c1-5-7-9(3,14(4,11)12)8(10)13-6-2/h5H,1,6-7H2,2-4H3/t9-/m1/s1. The highest BCUT2D eigenvalue weighted by molar-refractivity contribution is 7.92. The molecule has 0 rings (SSSR count). The van der Waals surface area contributed by atoms with Gasteiger partial charge in [-0.3, -0.25) is 4.79 Å². The number of esters is 1. The molecule has 0 aromatic carbocycles. The molecule has 0 aliphatic carbocycles. The van der Waals surface area contributed by atoms with E-state index in [-0.39, 0.29) is 13.0 Å². The van der Waals surface area contributed by atoms with Gasteiger partial charge in [-0.15, -0.1) is 6.58 Å². The molecule has 5 heteroatoms. The molecule has 14 heavy (non-hydrogen) atoms. The molecule has 0 bridgehead atoms. The molecule has 0 fully saturated rings. The van der Waals surface area contributed by atoms with Gasteiger partial charge in [-0.2, -0.15) is 0 Å². The van der Waals surface area contributed by atoms with Gasteiger partial charge in [0.1, 0.15) is 0 Å². The van der Waals surface area contributed by atoms with Crippen LogP contribution >= 0.6 is 0 Å². The number of sulfone groups is 1. The van der Waals surface area contributed by atoms with Crippen molar-refractivity contribution in [2.45, 2.75) is 25.0 Å². The second-order valence-corrected chi connectivity index (χ2v) is 5.66. The summed E-state index contributed by atoms with van der Waals surface area (Å²) in [5, 5.41) is 0. The highest BCUT2D eigenvalue weighted by Gasteiger charge is 2.43. The molecular formula is C9H16O4S. The van der Waals surface area contributed by atoms with E-state index in [1.165, 1.54) is 13.0 Å². The quantitative estimate of drug-likeness (QED) is 0.511. The molecule has 0 aliphatic heterocycles. The van der Waals surface area contributed by atoms with Crippen molar-refractivity contribution in [3.63, 3.8) is 0 Å². The summed E-state index contributed by atoms with van der Waals surface area (Å²) in [6.07, 6.45) is 2.48. The lowest BCUT2D eigenvalue weighted by Gasteiger charge is -2.23. The van der Waals surface area contributed by atoms with Crippen molar-refractivity contribution in [2.24, 2.45) is 0 Å². The Morgan fingerprint density at radius 2 is 2.07 bits per heavy atom. The average molecular weight is 220 g/mol. The van der Waals surface area contributed by atoms with Crippen LogP contribution in [0.15, 0.2) is 12.7 Å². The third-order valence-electron chi connectivity index (χ3n) is 2.06. The lowest BCUT2D eigenvalue weighted by Crippen LogP contribution is -2.43. The number of carbonyl (C=O) groups excluding carboxylic acids is 1. The fourth-order valence-corrected chi connectivity index (χ4v) is 1.73. The Morgan fingerprint density at radius 3 is 2.36 bits per heavy atom. The highest BCUT2D eigenvalue weighted by Crippen LogP contribution is 2.23. The Hall–Kier alpha value is -0.840. The molecule has 0 aromatic rings. The van der Waals surface area contributed by atoms with E-state index in [9.17, 15) is 13.2 Å². The maximum absolute atomic E-state index is 11.5. The van der Waals surface area contributed by atoms with Crippen molar-refractivity contribution in [2.75, 3.05) is 12.9 Å². The zero-order valence-electron chi connectivity index (χ0n) is 8.74. The zero-order chi connectivity index (χ0) is 11.4. The van der Waals surface area contributed by atoms with Crippen molar-refractivity contribution in [1.82, 2.24) is 0 Å². The number of rotatable bonds is 5. The molecule has 0 unspecified atom stereocenters. The van der Waals surface area contributed by atoms with E-state index in [1.54, 1.807) is 6.92 Å². The van der Waals surface area contributed by atoms with Crippen molar-refractivity contribution >= 4 is 15.8 Å². The number of ether oxygens (including phenoxy) is 1. The highest BCUT2D eigenvalue weighted by atomic mass is 32.2. The van der Waals surface area contributed by atoms with Gasteiger partial charge in [0.25, 0.3) is 0 Å². The zero-order valence-corrected chi connectivity index (χ0v) is 9.56. The lowest BCUT2D eigenvalue weighted by atomic mass is 10.1. The second kappa shape index (κ2) is 4.59. The minimum absolute atomic E-state index is 0.0602. The number of allylic oxidation sites excluding steroid dienone is 1. The van der Waals surface area contributed by atoms with Gasteiger partial charge >= 0.3 is 5.97 Å². The largest absolute Gasteiger partial charge is 0.465 e. The van der Waals surface area contributed by atoms with Crippen molar-refractivity contribution in [3.05, 3.63) is 12.7 Å². The van der Waals surface area contributed by atoms with Gasteiger partial charge in [-0.05, 0) is 20.3 Å². The van der Waals surface area contributed by atoms with Crippen LogP contribution in [0.5, 0.6) is 0 Å². The van der Waals surface area contributed by atoms with Crippen LogP contribution in [-0.4, -0.2) is 32.0 Å². The van der Waals surface area contributed by atoms with E-state index in [2.05, 4.69) is 6.58 Å². The molecule has 0 aromatic heterocycles. The first-order chi connectivity index (χ1) is 6.29. The molecule has 4 nitrogen and oxygen atoms in total. The predicted molar refractivity (Wildman–Crippen MR) is 54.7 cm³/mol. The van der Waals surface area contributed by atoms with Gasteiger partial charge in [0.05, 0.1) is 6.61 Å². The van der Waals surface area contributed by atoms with Crippen molar-refractivity contribution in [3.8, 4) is 0 Å². The Kier molecular flexibility index (Phi) is 4.32. The molecule has 82 valence electrons. The van der Waals surface area contributed by atoms with Crippen molar-refractivity contribution < 1.29 is 17.9 Å². The molecule has 1 atom stereocenters. The van der Waals surface area contributed by atoms with E-state index < -0.39 is 20.6 Å². The predicted octanol–water partition coefficient (Wildman–Crippen LogP) is 0.929. The molecule has 0 heterocycles. The maximum Gasteiger partial charge on any atom is 0.327 e.